The fourth-order valence-electron chi connectivity index (χ4n) is 3.66. The number of piperazine rings is 1. The lowest BCUT2D eigenvalue weighted by molar-refractivity contribution is -0.128. The molecular formula is C21H23N5O3S. The van der Waals surface area contributed by atoms with E-state index in [1.165, 1.54) is 29.1 Å². The number of hydrogen-bond acceptors (Lipinski definition) is 6. The number of thioether (sulfide) groups is 1. The Balaban J connectivity index is 1.46. The van der Waals surface area contributed by atoms with Gasteiger partial charge in [-0.2, -0.15) is 0 Å². The van der Waals surface area contributed by atoms with Gasteiger partial charge in [0.2, 0.25) is 5.91 Å². The van der Waals surface area contributed by atoms with Crippen molar-refractivity contribution in [1.29, 1.82) is 0 Å². The average Bonchev–Trinajstić information content (AvgIpc) is 2.80. The number of amides is 1. The third-order valence-corrected chi connectivity index (χ3v) is 6.45. The summed E-state index contributed by atoms with van der Waals surface area (Å²) in [4.78, 5) is 46.5. The molecule has 0 bridgehead atoms. The van der Waals surface area contributed by atoms with Gasteiger partial charge in [-0.15, -0.1) is 11.8 Å². The zero-order valence-corrected chi connectivity index (χ0v) is 17.8. The fourth-order valence-corrected chi connectivity index (χ4v) is 4.60. The number of fused-ring (bicyclic) bond motifs is 1. The standard InChI is InChI=1S/C21H23N5O3S/c1-23-19-18(20(28)24(2)21(23)29)16(8-9-22-19)30-14-17(27)26-12-10-25(11-13-26)15-6-4-3-5-7-15/h3-9H,10-14H2,1-2H3. The summed E-state index contributed by atoms with van der Waals surface area (Å²) in [5.41, 5.74) is 0.683. The van der Waals surface area contributed by atoms with Gasteiger partial charge in [-0.05, 0) is 18.2 Å². The quantitative estimate of drug-likeness (QED) is 0.582. The zero-order valence-electron chi connectivity index (χ0n) is 16.9. The highest BCUT2D eigenvalue weighted by Crippen LogP contribution is 2.24. The molecule has 156 valence electrons. The Hall–Kier alpha value is -3.07. The van der Waals surface area contributed by atoms with Crippen LogP contribution in [0.5, 0.6) is 0 Å². The molecule has 1 fully saturated rings. The summed E-state index contributed by atoms with van der Waals surface area (Å²) in [6.07, 6.45) is 1.56. The number of carbonyl (C=O) groups is 1. The maximum atomic E-state index is 12.8. The van der Waals surface area contributed by atoms with E-state index in [2.05, 4.69) is 22.0 Å². The molecule has 1 amide bonds. The Labute approximate surface area is 177 Å². The number of carbonyl (C=O) groups excluding carboxylic acids is 1. The minimum Gasteiger partial charge on any atom is -0.368 e. The minimum atomic E-state index is -0.422. The van der Waals surface area contributed by atoms with Crippen molar-refractivity contribution in [2.75, 3.05) is 36.8 Å². The first kappa shape index (κ1) is 20.2. The van der Waals surface area contributed by atoms with E-state index in [1.807, 2.05) is 23.1 Å². The molecule has 4 rings (SSSR count). The number of nitrogens with zero attached hydrogens (tertiary/aromatic N) is 5. The molecule has 1 saturated heterocycles. The molecule has 0 radical (unpaired) electrons. The molecule has 3 heterocycles. The van der Waals surface area contributed by atoms with E-state index in [1.54, 1.807) is 19.3 Å². The molecule has 9 heteroatoms. The summed E-state index contributed by atoms with van der Waals surface area (Å²) >= 11 is 1.31. The lowest BCUT2D eigenvalue weighted by Gasteiger charge is -2.36. The van der Waals surface area contributed by atoms with Crippen LogP contribution in [-0.2, 0) is 18.9 Å². The Morgan fingerprint density at radius 1 is 1.00 bits per heavy atom. The van der Waals surface area contributed by atoms with Gasteiger partial charge in [-0.25, -0.2) is 9.78 Å². The van der Waals surface area contributed by atoms with Crippen LogP contribution in [0.2, 0.25) is 0 Å². The predicted octanol–water partition coefficient (Wildman–Crippen LogP) is 1.07. The molecule has 0 atom stereocenters. The fraction of sp³-hybridized carbons (Fsp3) is 0.333. The number of aromatic nitrogens is 3. The second-order valence-corrected chi connectivity index (χ2v) is 8.22. The van der Waals surface area contributed by atoms with Crippen LogP contribution < -0.4 is 16.1 Å². The van der Waals surface area contributed by atoms with Gasteiger partial charge in [0.1, 0.15) is 5.65 Å². The van der Waals surface area contributed by atoms with Crippen molar-refractivity contribution >= 4 is 34.4 Å². The molecule has 8 nitrogen and oxygen atoms in total. The van der Waals surface area contributed by atoms with E-state index in [9.17, 15) is 14.4 Å². The first-order valence-corrected chi connectivity index (χ1v) is 10.7. The summed E-state index contributed by atoms with van der Waals surface area (Å²) in [5.74, 6) is 0.274. The van der Waals surface area contributed by atoms with Gasteiger partial charge in [0, 0.05) is 57.1 Å². The van der Waals surface area contributed by atoms with Crippen LogP contribution in [0, 0.1) is 0 Å². The van der Waals surface area contributed by atoms with Gasteiger partial charge in [0.05, 0.1) is 11.1 Å². The number of rotatable bonds is 4. The van der Waals surface area contributed by atoms with Crippen molar-refractivity contribution in [2.24, 2.45) is 14.1 Å². The average molecular weight is 426 g/mol. The molecule has 0 N–H and O–H groups in total. The number of benzene rings is 1. The minimum absolute atomic E-state index is 0.0410. The van der Waals surface area contributed by atoms with Crippen molar-refractivity contribution in [3.8, 4) is 0 Å². The Bertz CT molecular complexity index is 1200. The van der Waals surface area contributed by atoms with E-state index in [-0.39, 0.29) is 11.7 Å². The number of anilines is 1. The number of hydrogen-bond donors (Lipinski definition) is 0. The van der Waals surface area contributed by atoms with E-state index in [0.29, 0.717) is 29.0 Å². The molecule has 0 spiro atoms. The van der Waals surface area contributed by atoms with E-state index in [4.69, 9.17) is 0 Å². The summed E-state index contributed by atoms with van der Waals surface area (Å²) < 4.78 is 2.42. The topological polar surface area (TPSA) is 80.4 Å². The van der Waals surface area contributed by atoms with Crippen molar-refractivity contribution in [2.45, 2.75) is 4.90 Å². The van der Waals surface area contributed by atoms with Gasteiger partial charge in [-0.1, -0.05) is 18.2 Å². The van der Waals surface area contributed by atoms with E-state index in [0.717, 1.165) is 17.7 Å². The summed E-state index contributed by atoms with van der Waals surface area (Å²) in [6, 6.07) is 11.9. The van der Waals surface area contributed by atoms with Crippen LogP contribution in [0.15, 0.2) is 57.1 Å². The molecule has 3 aromatic rings. The summed E-state index contributed by atoms with van der Waals surface area (Å²) in [5, 5.41) is 0.369. The molecule has 0 saturated carbocycles. The Kier molecular flexibility index (Phi) is 5.63. The third kappa shape index (κ3) is 3.72. The van der Waals surface area contributed by atoms with E-state index >= 15 is 0 Å². The van der Waals surface area contributed by atoms with Gasteiger partial charge in [0.15, 0.2) is 0 Å². The lowest BCUT2D eigenvalue weighted by atomic mass is 10.2. The molecule has 2 aromatic heterocycles. The van der Waals surface area contributed by atoms with E-state index < -0.39 is 11.2 Å². The molecule has 1 aliphatic heterocycles. The van der Waals surface area contributed by atoms with Crippen molar-refractivity contribution in [1.82, 2.24) is 19.0 Å². The van der Waals surface area contributed by atoms with Crippen LogP contribution in [0.25, 0.3) is 11.0 Å². The van der Waals surface area contributed by atoms with Gasteiger partial charge in [-0.3, -0.25) is 18.7 Å². The molecular weight excluding hydrogens is 402 g/mol. The highest BCUT2D eigenvalue weighted by Gasteiger charge is 2.22. The van der Waals surface area contributed by atoms with Gasteiger partial charge >= 0.3 is 5.69 Å². The van der Waals surface area contributed by atoms with Crippen LogP contribution in [0.4, 0.5) is 5.69 Å². The van der Waals surface area contributed by atoms with Crippen LogP contribution in [-0.4, -0.2) is 56.9 Å². The second kappa shape index (κ2) is 8.35. The lowest BCUT2D eigenvalue weighted by Crippen LogP contribution is -2.49. The maximum Gasteiger partial charge on any atom is 0.332 e. The van der Waals surface area contributed by atoms with Crippen molar-refractivity contribution in [3.63, 3.8) is 0 Å². The Morgan fingerprint density at radius 3 is 2.40 bits per heavy atom. The van der Waals surface area contributed by atoms with Crippen LogP contribution in [0.1, 0.15) is 0 Å². The molecule has 0 aliphatic carbocycles. The number of pyridine rings is 1. The van der Waals surface area contributed by atoms with Crippen LogP contribution in [0.3, 0.4) is 0 Å². The second-order valence-electron chi connectivity index (χ2n) is 7.21. The highest BCUT2D eigenvalue weighted by molar-refractivity contribution is 8.00. The number of para-hydroxylation sites is 1. The molecule has 1 aliphatic rings. The molecule has 1 aromatic carbocycles. The SMILES string of the molecule is Cn1c(=O)c2c(SCC(=O)N3CCN(c4ccccc4)CC3)ccnc2n(C)c1=O. The first-order chi connectivity index (χ1) is 14.5. The summed E-state index contributed by atoms with van der Waals surface area (Å²) in [6.45, 7) is 2.92. The van der Waals surface area contributed by atoms with Gasteiger partial charge < -0.3 is 9.80 Å². The van der Waals surface area contributed by atoms with Crippen molar-refractivity contribution < 1.29 is 4.79 Å². The largest absolute Gasteiger partial charge is 0.368 e. The third-order valence-electron chi connectivity index (χ3n) is 5.41. The molecule has 30 heavy (non-hydrogen) atoms. The normalized spacial score (nSPS) is 14.3. The van der Waals surface area contributed by atoms with Gasteiger partial charge in [0.25, 0.3) is 5.56 Å². The zero-order chi connectivity index (χ0) is 21.3. The molecule has 0 unspecified atom stereocenters. The predicted molar refractivity (Wildman–Crippen MR) is 118 cm³/mol. The Morgan fingerprint density at radius 2 is 1.70 bits per heavy atom. The first-order valence-electron chi connectivity index (χ1n) is 9.72. The summed E-state index contributed by atoms with van der Waals surface area (Å²) in [7, 11) is 3.03. The highest BCUT2D eigenvalue weighted by atomic mass is 32.2. The monoisotopic (exact) mass is 425 g/mol. The maximum absolute atomic E-state index is 12.8. The van der Waals surface area contributed by atoms with Crippen molar-refractivity contribution in [3.05, 3.63) is 63.4 Å². The van der Waals surface area contributed by atoms with Crippen LogP contribution >= 0.6 is 11.8 Å². The number of aryl methyl sites for hydroxylation is 1. The smallest absolute Gasteiger partial charge is 0.332 e.